The van der Waals surface area contributed by atoms with E-state index in [0.29, 0.717) is 6.10 Å². The van der Waals surface area contributed by atoms with Crippen molar-refractivity contribution in [2.75, 3.05) is 11.9 Å². The highest BCUT2D eigenvalue weighted by molar-refractivity contribution is 5.46. The molecule has 1 aromatic carbocycles. The third-order valence-corrected chi connectivity index (χ3v) is 3.09. The van der Waals surface area contributed by atoms with Crippen LogP contribution in [0, 0.1) is 0 Å². The van der Waals surface area contributed by atoms with Gasteiger partial charge in [0.05, 0.1) is 6.10 Å². The molecular formula is C14H21NO. The van der Waals surface area contributed by atoms with Gasteiger partial charge >= 0.3 is 0 Å². The van der Waals surface area contributed by atoms with Crippen molar-refractivity contribution in [1.82, 2.24) is 0 Å². The molecule has 0 bridgehead atoms. The minimum absolute atomic E-state index is 0.443. The van der Waals surface area contributed by atoms with Crippen molar-refractivity contribution < 1.29 is 4.74 Å². The van der Waals surface area contributed by atoms with Crippen molar-refractivity contribution in [2.24, 2.45) is 0 Å². The van der Waals surface area contributed by atoms with E-state index in [1.807, 2.05) is 0 Å². The van der Waals surface area contributed by atoms with Gasteiger partial charge in [-0.05, 0) is 56.9 Å². The van der Waals surface area contributed by atoms with Crippen LogP contribution in [0.25, 0.3) is 0 Å². The van der Waals surface area contributed by atoms with Gasteiger partial charge in [0, 0.05) is 12.2 Å². The molecule has 1 saturated carbocycles. The second kappa shape index (κ2) is 5.78. The SMILES string of the molecule is CCNc1ccc(OC2CCCCC2)cc1. The van der Waals surface area contributed by atoms with Crippen molar-refractivity contribution in [2.45, 2.75) is 45.1 Å². The van der Waals surface area contributed by atoms with Crippen molar-refractivity contribution in [3.8, 4) is 5.75 Å². The van der Waals surface area contributed by atoms with Crippen LogP contribution in [0.5, 0.6) is 5.75 Å². The van der Waals surface area contributed by atoms with Gasteiger partial charge in [-0.15, -0.1) is 0 Å². The van der Waals surface area contributed by atoms with E-state index in [9.17, 15) is 0 Å². The maximum Gasteiger partial charge on any atom is 0.119 e. The predicted molar refractivity (Wildman–Crippen MR) is 68.1 cm³/mol. The zero-order valence-corrected chi connectivity index (χ0v) is 10.0. The van der Waals surface area contributed by atoms with E-state index in [-0.39, 0.29) is 0 Å². The fraction of sp³-hybridized carbons (Fsp3) is 0.571. The molecule has 0 radical (unpaired) electrons. The Kier molecular flexibility index (Phi) is 4.09. The Balaban J connectivity index is 1.88. The maximum absolute atomic E-state index is 5.96. The Morgan fingerprint density at radius 3 is 2.44 bits per heavy atom. The van der Waals surface area contributed by atoms with Gasteiger partial charge in [0.15, 0.2) is 0 Å². The minimum atomic E-state index is 0.443. The van der Waals surface area contributed by atoms with Crippen LogP contribution in [0.3, 0.4) is 0 Å². The lowest BCUT2D eigenvalue weighted by Gasteiger charge is -2.23. The van der Waals surface area contributed by atoms with Crippen molar-refractivity contribution in [3.63, 3.8) is 0 Å². The molecule has 1 aromatic rings. The van der Waals surface area contributed by atoms with Crippen LogP contribution < -0.4 is 10.1 Å². The van der Waals surface area contributed by atoms with Crippen LogP contribution in [-0.2, 0) is 0 Å². The minimum Gasteiger partial charge on any atom is -0.490 e. The zero-order valence-electron chi connectivity index (χ0n) is 10.0. The Hall–Kier alpha value is -1.18. The Bertz CT molecular complexity index is 301. The molecule has 2 heteroatoms. The molecule has 16 heavy (non-hydrogen) atoms. The van der Waals surface area contributed by atoms with Gasteiger partial charge in [-0.3, -0.25) is 0 Å². The van der Waals surface area contributed by atoms with E-state index in [1.54, 1.807) is 0 Å². The molecule has 1 aliphatic carbocycles. The first kappa shape index (κ1) is 11.3. The summed E-state index contributed by atoms with van der Waals surface area (Å²) in [4.78, 5) is 0. The van der Waals surface area contributed by atoms with Gasteiger partial charge in [0.2, 0.25) is 0 Å². The summed E-state index contributed by atoms with van der Waals surface area (Å²) in [5.74, 6) is 1.01. The van der Waals surface area contributed by atoms with Crippen LogP contribution in [0.15, 0.2) is 24.3 Å². The fourth-order valence-electron chi connectivity index (χ4n) is 2.23. The highest BCUT2D eigenvalue weighted by Gasteiger charge is 2.14. The summed E-state index contributed by atoms with van der Waals surface area (Å²) in [6.07, 6.45) is 6.89. The number of hydrogen-bond acceptors (Lipinski definition) is 2. The summed E-state index contributed by atoms with van der Waals surface area (Å²) in [7, 11) is 0. The molecule has 0 aromatic heterocycles. The fourth-order valence-corrected chi connectivity index (χ4v) is 2.23. The third-order valence-electron chi connectivity index (χ3n) is 3.09. The topological polar surface area (TPSA) is 21.3 Å². The van der Waals surface area contributed by atoms with Crippen molar-refractivity contribution in [3.05, 3.63) is 24.3 Å². The zero-order chi connectivity index (χ0) is 11.2. The second-order valence-corrected chi connectivity index (χ2v) is 4.43. The largest absolute Gasteiger partial charge is 0.490 e. The summed E-state index contributed by atoms with van der Waals surface area (Å²) >= 11 is 0. The lowest BCUT2D eigenvalue weighted by atomic mass is 9.98. The highest BCUT2D eigenvalue weighted by atomic mass is 16.5. The first-order valence-electron chi connectivity index (χ1n) is 6.39. The molecule has 0 atom stereocenters. The maximum atomic E-state index is 5.96. The summed E-state index contributed by atoms with van der Waals surface area (Å²) in [6.45, 7) is 3.06. The number of benzene rings is 1. The molecule has 0 spiro atoms. The van der Waals surface area contributed by atoms with Gasteiger partial charge in [-0.25, -0.2) is 0 Å². The molecule has 0 amide bonds. The molecule has 0 unspecified atom stereocenters. The monoisotopic (exact) mass is 219 g/mol. The molecule has 88 valence electrons. The van der Waals surface area contributed by atoms with Crippen LogP contribution >= 0.6 is 0 Å². The first-order chi connectivity index (χ1) is 7.88. The van der Waals surface area contributed by atoms with E-state index in [4.69, 9.17) is 4.74 Å². The molecule has 0 heterocycles. The van der Waals surface area contributed by atoms with Gasteiger partial charge in [-0.2, -0.15) is 0 Å². The van der Waals surface area contributed by atoms with Crippen LogP contribution in [0.2, 0.25) is 0 Å². The molecular weight excluding hydrogens is 198 g/mol. The summed E-state index contributed by atoms with van der Waals surface area (Å²) < 4.78 is 5.96. The molecule has 1 aliphatic rings. The molecule has 1 N–H and O–H groups in total. The van der Waals surface area contributed by atoms with E-state index >= 15 is 0 Å². The van der Waals surface area contributed by atoms with Crippen LogP contribution in [0.4, 0.5) is 5.69 Å². The molecule has 2 nitrogen and oxygen atoms in total. The van der Waals surface area contributed by atoms with Crippen LogP contribution in [-0.4, -0.2) is 12.6 Å². The number of hydrogen-bond donors (Lipinski definition) is 1. The van der Waals surface area contributed by atoms with Crippen molar-refractivity contribution in [1.29, 1.82) is 0 Å². The smallest absolute Gasteiger partial charge is 0.119 e. The van der Waals surface area contributed by atoms with E-state index in [1.165, 1.54) is 37.8 Å². The highest BCUT2D eigenvalue weighted by Crippen LogP contribution is 2.24. The number of anilines is 1. The normalized spacial score (nSPS) is 17.1. The third kappa shape index (κ3) is 3.16. The average molecular weight is 219 g/mol. The van der Waals surface area contributed by atoms with Gasteiger partial charge in [0.1, 0.15) is 5.75 Å². The Labute approximate surface area is 98.0 Å². The standard InChI is InChI=1S/C14H21NO/c1-2-15-12-8-10-14(11-9-12)16-13-6-4-3-5-7-13/h8-11,13,15H,2-7H2,1H3. The van der Waals surface area contributed by atoms with Gasteiger partial charge in [-0.1, -0.05) is 6.42 Å². The van der Waals surface area contributed by atoms with Gasteiger partial charge < -0.3 is 10.1 Å². The summed E-state index contributed by atoms with van der Waals surface area (Å²) in [6, 6.07) is 8.29. The Morgan fingerprint density at radius 1 is 1.12 bits per heavy atom. The lowest BCUT2D eigenvalue weighted by Crippen LogP contribution is -2.19. The van der Waals surface area contributed by atoms with Crippen LogP contribution in [0.1, 0.15) is 39.0 Å². The van der Waals surface area contributed by atoms with Crippen molar-refractivity contribution >= 4 is 5.69 Å². The molecule has 0 saturated heterocycles. The first-order valence-corrected chi connectivity index (χ1v) is 6.39. The summed E-state index contributed by atoms with van der Waals surface area (Å²) in [5.41, 5.74) is 1.17. The average Bonchev–Trinajstić information content (AvgIpc) is 2.33. The number of ether oxygens (including phenoxy) is 1. The number of nitrogens with one attached hydrogen (secondary N) is 1. The quantitative estimate of drug-likeness (QED) is 0.831. The summed E-state index contributed by atoms with van der Waals surface area (Å²) in [5, 5.41) is 3.28. The van der Waals surface area contributed by atoms with E-state index in [2.05, 4.69) is 36.5 Å². The Morgan fingerprint density at radius 2 is 1.81 bits per heavy atom. The van der Waals surface area contributed by atoms with Gasteiger partial charge in [0.25, 0.3) is 0 Å². The molecule has 0 aliphatic heterocycles. The second-order valence-electron chi connectivity index (χ2n) is 4.43. The van der Waals surface area contributed by atoms with E-state index < -0.39 is 0 Å². The van der Waals surface area contributed by atoms with E-state index in [0.717, 1.165) is 12.3 Å². The molecule has 2 rings (SSSR count). The lowest BCUT2D eigenvalue weighted by molar-refractivity contribution is 0.155. The molecule has 1 fully saturated rings. The number of rotatable bonds is 4. The predicted octanol–water partition coefficient (Wildman–Crippen LogP) is 3.83.